The summed E-state index contributed by atoms with van der Waals surface area (Å²) in [5.74, 6) is -0.301. The third kappa shape index (κ3) is 9.65. The summed E-state index contributed by atoms with van der Waals surface area (Å²) in [7, 11) is -4.37. The number of rotatable bonds is 6. The van der Waals surface area contributed by atoms with Gasteiger partial charge in [-0.3, -0.25) is 9.40 Å². The Hall–Kier alpha value is -7.13. The molecule has 2 aliphatic heterocycles. The largest absolute Gasteiger partial charge is 0.506 e. The fourth-order valence-electron chi connectivity index (χ4n) is 4.48. The van der Waals surface area contributed by atoms with Gasteiger partial charge in [-0.25, -0.2) is 16.6 Å². The number of hydrogen-bond acceptors (Lipinski definition) is 18. The summed E-state index contributed by atoms with van der Waals surface area (Å²) in [5, 5.41) is 44.2. The van der Waals surface area contributed by atoms with E-state index in [4.69, 9.17) is 33.1 Å². The van der Waals surface area contributed by atoms with Crippen LogP contribution in [0.5, 0.6) is 17.2 Å². The fraction of sp³-hybridized carbons (Fsp3) is 0.0625. The van der Waals surface area contributed by atoms with Crippen molar-refractivity contribution in [2.75, 3.05) is 0 Å². The molecule has 0 bridgehead atoms. The van der Waals surface area contributed by atoms with Gasteiger partial charge in [-0.2, -0.15) is 28.9 Å². The summed E-state index contributed by atoms with van der Waals surface area (Å²) >= 11 is 3.38. The zero-order chi connectivity index (χ0) is 38.8. The molecule has 4 aromatic rings. The number of fused-ring (bicyclic) bond motifs is 2. The molecule has 274 valence electrons. The molecule has 0 saturated carbocycles. The van der Waals surface area contributed by atoms with Crippen LogP contribution in [0, 0.1) is 35.8 Å². The number of thiol groups is 1. The molecule has 2 atom stereocenters. The second kappa shape index (κ2) is 18.1. The molecule has 23 heteroatoms. The quantitative estimate of drug-likeness (QED) is 0.0289. The van der Waals surface area contributed by atoms with Crippen LogP contribution >= 0.6 is 12.9 Å². The van der Waals surface area contributed by atoms with Gasteiger partial charge >= 0.3 is 18.0 Å². The molecule has 2 unspecified atom stereocenters. The van der Waals surface area contributed by atoms with Crippen molar-refractivity contribution in [2.45, 2.75) is 17.1 Å². The van der Waals surface area contributed by atoms with Crippen LogP contribution in [0.2, 0.25) is 0 Å². The van der Waals surface area contributed by atoms with E-state index >= 15 is 0 Å². The second-order valence-electron chi connectivity index (χ2n) is 10.1. The number of aromatic hydroxyl groups is 2. The van der Waals surface area contributed by atoms with Crippen molar-refractivity contribution in [1.82, 2.24) is 0 Å². The molecule has 2 aliphatic rings. The topological polar surface area (TPSA) is 278 Å². The van der Waals surface area contributed by atoms with Crippen LogP contribution < -0.4 is 4.89 Å². The summed E-state index contributed by atoms with van der Waals surface area (Å²) in [5.41, 5.74) is 0.216. The van der Waals surface area contributed by atoms with Crippen LogP contribution in [0.4, 0.5) is 11.4 Å². The molecule has 55 heavy (non-hydrogen) atoms. The first-order valence-corrected chi connectivity index (χ1v) is 16.1. The average molecular weight is 819 g/mol. The first kappa shape index (κ1) is 40.6. The Bertz CT molecular complexity index is 2770. The van der Waals surface area contributed by atoms with E-state index in [1.165, 1.54) is 36.4 Å². The van der Waals surface area contributed by atoms with E-state index in [0.717, 1.165) is 0 Å². The van der Waals surface area contributed by atoms with Gasteiger partial charge in [0.2, 0.25) is 0 Å². The van der Waals surface area contributed by atoms with E-state index in [0.29, 0.717) is 27.3 Å². The Morgan fingerprint density at radius 3 is 1.95 bits per heavy atom. The smallest absolute Gasteiger partial charge is 0.376 e. The SMILES string of the molecule is N#CC1=NC(N=C=Nc2c(O)ccc3cc(OOOS)ccc23)=NC1C#N.[C-]#[N+]C1=NC(N=C=Nc2c(O)ccc3cc(S(=O)(=O)O)ccc23)=NC1[N+]#[C-].[Ni]. The Morgan fingerprint density at radius 1 is 0.836 bits per heavy atom. The van der Waals surface area contributed by atoms with Crippen molar-refractivity contribution < 1.29 is 53.9 Å². The molecule has 0 aromatic heterocycles. The molecular weight excluding hydrogens is 803 g/mol. The summed E-state index contributed by atoms with van der Waals surface area (Å²) in [6.45, 7) is 13.8. The zero-order valence-electron chi connectivity index (χ0n) is 26.8. The Kier molecular flexibility index (Phi) is 13.4. The maximum absolute atomic E-state index is 11.2. The van der Waals surface area contributed by atoms with Crippen molar-refractivity contribution >= 4 is 91.4 Å². The summed E-state index contributed by atoms with van der Waals surface area (Å²) in [6, 6.07) is 21.7. The number of nitrogens with zero attached hydrogens (tertiary/aromatic N) is 12. The van der Waals surface area contributed by atoms with Crippen LogP contribution in [0.15, 0.2) is 105 Å². The number of nitriles is 2. The monoisotopic (exact) mass is 818 g/mol. The molecule has 0 fully saturated rings. The summed E-state index contributed by atoms with van der Waals surface area (Å²) in [4.78, 5) is 41.4. The number of hydrogen-bond donors (Lipinski definition) is 4. The van der Waals surface area contributed by atoms with Crippen molar-refractivity contribution in [3.63, 3.8) is 0 Å². The molecule has 3 N–H and O–H groups in total. The van der Waals surface area contributed by atoms with Crippen molar-refractivity contribution in [3.8, 4) is 29.4 Å². The molecule has 2 heterocycles. The Balaban J connectivity index is 0.000000240. The first-order valence-electron chi connectivity index (χ1n) is 14.3. The van der Waals surface area contributed by atoms with Crippen LogP contribution in [0.1, 0.15) is 0 Å². The fourth-order valence-corrected chi connectivity index (χ4v) is 5.03. The number of phenolic OH excluding ortho intramolecular Hbond substituents is 2. The second-order valence-corrected chi connectivity index (χ2v) is 11.6. The first-order chi connectivity index (χ1) is 26.0. The molecular formula is C32H16N12NiO8S2. The Labute approximate surface area is 324 Å². The van der Waals surface area contributed by atoms with Gasteiger partial charge in [0.1, 0.15) is 41.0 Å². The molecule has 4 aromatic carbocycles. The molecule has 0 spiro atoms. The van der Waals surface area contributed by atoms with Crippen LogP contribution in [-0.4, -0.2) is 70.9 Å². The van der Waals surface area contributed by atoms with Gasteiger partial charge < -0.3 is 19.9 Å². The van der Waals surface area contributed by atoms with Gasteiger partial charge in [0.15, 0.2) is 17.5 Å². The molecule has 0 saturated heterocycles. The molecule has 20 nitrogen and oxygen atoms in total. The average Bonchev–Trinajstić information content (AvgIpc) is 3.78. The van der Waals surface area contributed by atoms with Gasteiger partial charge in [0.25, 0.3) is 16.1 Å². The third-order valence-electron chi connectivity index (χ3n) is 6.85. The minimum absolute atomic E-state index is 0. The van der Waals surface area contributed by atoms with E-state index in [-0.39, 0.29) is 67.7 Å². The van der Waals surface area contributed by atoms with Gasteiger partial charge in [-0.1, -0.05) is 29.8 Å². The number of aliphatic imine (C=N–C) groups is 8. The molecule has 0 amide bonds. The Morgan fingerprint density at radius 2 is 1.44 bits per heavy atom. The van der Waals surface area contributed by atoms with Crippen LogP contribution in [0.3, 0.4) is 0 Å². The minimum atomic E-state index is -4.37. The predicted octanol–water partition coefficient (Wildman–Crippen LogP) is 5.19. The maximum Gasteiger partial charge on any atom is 0.376 e. The number of guanidine groups is 2. The van der Waals surface area contributed by atoms with Gasteiger partial charge in [-0.05, 0) is 58.3 Å². The van der Waals surface area contributed by atoms with E-state index in [2.05, 4.69) is 83.9 Å². The van der Waals surface area contributed by atoms with Gasteiger partial charge in [0.05, 0.1) is 11.0 Å². The summed E-state index contributed by atoms with van der Waals surface area (Å²) < 4.78 is 35.7. The normalized spacial score (nSPS) is 15.2. The number of amidine groups is 1. The summed E-state index contributed by atoms with van der Waals surface area (Å²) in [6.07, 6.45) is -1.03. The van der Waals surface area contributed by atoms with Crippen molar-refractivity contribution in [3.05, 3.63) is 83.5 Å². The van der Waals surface area contributed by atoms with Crippen LogP contribution in [0.25, 0.3) is 31.2 Å². The van der Waals surface area contributed by atoms with Gasteiger partial charge in [0, 0.05) is 40.2 Å². The predicted molar refractivity (Wildman–Crippen MR) is 194 cm³/mol. The van der Waals surface area contributed by atoms with Crippen LogP contribution in [-0.2, 0) is 36.0 Å². The molecule has 0 aliphatic carbocycles. The molecule has 6 rings (SSSR count). The van der Waals surface area contributed by atoms with E-state index < -0.39 is 22.3 Å². The van der Waals surface area contributed by atoms with E-state index in [1.54, 1.807) is 30.3 Å². The van der Waals surface area contributed by atoms with E-state index in [9.17, 15) is 18.6 Å². The van der Waals surface area contributed by atoms with Gasteiger partial charge in [-0.15, -0.1) is 19.3 Å². The standard InChI is InChI=1S/2C16H8N6O4S.Ni/c1-17-14-15(18-2)22-16(21-14)20-8-19-13-11-5-4-10(27(24,25)26)7-9(11)3-6-12(13)23;17-6-12-13(7-18)22-16(21-12)20-8-19-15-11-3-2-10(24-25-26-27)5-9(11)1-4-14(15)23;/h3-7,14,23H,(H,24,25,26);1-5,12,23,27H;. The third-order valence-corrected chi connectivity index (χ3v) is 7.76. The molecule has 0 radical (unpaired) electrons. The van der Waals surface area contributed by atoms with E-state index in [1.807, 2.05) is 6.07 Å². The number of benzene rings is 4. The maximum atomic E-state index is 11.2. The van der Waals surface area contributed by atoms with Crippen molar-refractivity contribution in [1.29, 1.82) is 10.5 Å². The van der Waals surface area contributed by atoms with Crippen molar-refractivity contribution in [2.24, 2.45) is 39.9 Å². The number of phenols is 2. The minimum Gasteiger partial charge on any atom is -0.506 e. The zero-order valence-corrected chi connectivity index (χ0v) is 29.5.